The Balaban J connectivity index is 0.893. The average Bonchev–Trinajstić information content (AvgIpc) is 3.58. The van der Waals surface area contributed by atoms with Gasteiger partial charge in [-0.15, -0.1) is 0 Å². The van der Waals surface area contributed by atoms with E-state index in [4.69, 9.17) is 33.2 Å². The summed E-state index contributed by atoms with van der Waals surface area (Å²) in [6.07, 6.45) is -4.82. The van der Waals surface area contributed by atoms with Gasteiger partial charge in [0.15, 0.2) is 30.4 Å². The van der Waals surface area contributed by atoms with Crippen molar-refractivity contribution >= 4 is 23.4 Å². The van der Waals surface area contributed by atoms with Crippen molar-refractivity contribution in [2.75, 3.05) is 60.1 Å². The Kier molecular flexibility index (Phi) is 12.8. The highest BCUT2D eigenvalue weighted by Gasteiger charge is 2.55. The lowest BCUT2D eigenvalue weighted by Crippen LogP contribution is -2.55. The molecule has 4 aliphatic heterocycles. The maximum absolute atomic E-state index is 14.7. The number of Topliss-reactive ketones (excluding diaryl/α,β-unsaturated/α-hetero) is 1. The van der Waals surface area contributed by atoms with Crippen molar-refractivity contribution in [3.05, 3.63) is 112 Å². The highest BCUT2D eigenvalue weighted by Crippen LogP contribution is 2.53. The van der Waals surface area contributed by atoms with Gasteiger partial charge in [0.2, 0.25) is 5.78 Å². The first kappa shape index (κ1) is 47.9. The minimum atomic E-state index is -2.19. The minimum absolute atomic E-state index is 0.0306. The lowest BCUT2D eigenvalue weighted by Gasteiger charge is -2.43. The molecule has 4 aromatic carbocycles. The Morgan fingerprint density at radius 2 is 1.59 bits per heavy atom. The van der Waals surface area contributed by atoms with Crippen LogP contribution in [0, 0.1) is 0 Å². The van der Waals surface area contributed by atoms with E-state index >= 15 is 0 Å². The third-order valence-corrected chi connectivity index (χ3v) is 14.9. The van der Waals surface area contributed by atoms with Gasteiger partial charge in [-0.1, -0.05) is 66.7 Å². The number of hydrogen-bond acceptors (Lipinski definition) is 16. The first-order valence-corrected chi connectivity index (χ1v) is 24.0. The predicted molar refractivity (Wildman–Crippen MR) is 251 cm³/mol. The van der Waals surface area contributed by atoms with Crippen molar-refractivity contribution in [2.45, 2.75) is 101 Å². The Morgan fingerprint density at radius 3 is 2.33 bits per heavy atom. The zero-order chi connectivity index (χ0) is 49.2. The molecule has 0 aromatic heterocycles. The number of fused-ring (bicyclic) bond motifs is 6. The fourth-order valence-electron chi connectivity index (χ4n) is 11.2. The lowest BCUT2D eigenvalue weighted by molar-refractivity contribution is -0.256. The molecule has 0 radical (unpaired) electrons. The molecule has 0 saturated carbocycles. The smallest absolute Gasteiger partial charge is 0.410 e. The van der Waals surface area contributed by atoms with Gasteiger partial charge < -0.3 is 53.4 Å². The Bertz CT molecular complexity index is 2700. The number of nitrogens with zero attached hydrogens (tertiary/aromatic N) is 3. The van der Waals surface area contributed by atoms with E-state index in [2.05, 4.69) is 4.90 Å². The van der Waals surface area contributed by atoms with Crippen LogP contribution in [0.25, 0.3) is 11.1 Å². The molecule has 8 atom stereocenters. The fourth-order valence-corrected chi connectivity index (χ4v) is 11.2. The highest BCUT2D eigenvalue weighted by atomic mass is 16.7. The molecule has 0 spiro atoms. The molecule has 4 fully saturated rings. The van der Waals surface area contributed by atoms with Gasteiger partial charge in [-0.3, -0.25) is 24.2 Å². The van der Waals surface area contributed by atoms with Crippen LogP contribution in [0.3, 0.4) is 0 Å². The molecule has 1 amide bonds. The van der Waals surface area contributed by atoms with Crippen molar-refractivity contribution in [2.24, 2.45) is 0 Å². The molecule has 6 aliphatic rings. The zero-order valence-corrected chi connectivity index (χ0v) is 39.9. The van der Waals surface area contributed by atoms with Gasteiger partial charge in [0.05, 0.1) is 49.2 Å². The minimum Gasteiger partial charge on any atom is -0.507 e. The molecule has 17 heteroatoms. The number of carbonyl (C=O) groups excluding carboxylic acids is 4. The van der Waals surface area contributed by atoms with Crippen LogP contribution < -0.4 is 4.74 Å². The normalized spacial score (nSPS) is 27.9. The van der Waals surface area contributed by atoms with E-state index in [0.29, 0.717) is 39.2 Å². The summed E-state index contributed by atoms with van der Waals surface area (Å²) in [5.41, 5.74) is -1.26. The van der Waals surface area contributed by atoms with Crippen LogP contribution in [0.1, 0.15) is 94.7 Å². The van der Waals surface area contributed by atoms with Gasteiger partial charge in [0, 0.05) is 81.8 Å². The second kappa shape index (κ2) is 18.8. The molecule has 0 bridgehead atoms. The number of phenols is 2. The number of ketones is 3. The topological polar surface area (TPSA) is 203 Å². The van der Waals surface area contributed by atoms with E-state index in [1.54, 1.807) is 18.1 Å². The third kappa shape index (κ3) is 8.45. The van der Waals surface area contributed by atoms with Crippen molar-refractivity contribution in [3.8, 4) is 28.4 Å². The number of aromatic hydroxyl groups is 2. The first-order valence-electron chi connectivity index (χ1n) is 24.0. The molecule has 4 heterocycles. The number of benzene rings is 4. The number of phenolic OH excluding ortho intramolecular Hbond substituents is 2. The van der Waals surface area contributed by atoms with Crippen LogP contribution in [0.15, 0.2) is 72.8 Å². The molecule has 0 unspecified atom stereocenters. The van der Waals surface area contributed by atoms with Gasteiger partial charge in [0.25, 0.3) is 0 Å². The molecule has 4 saturated heterocycles. The summed E-state index contributed by atoms with van der Waals surface area (Å²) in [5.74, 6) is -3.21. The number of ether oxygens (including phenoxy) is 7. The van der Waals surface area contributed by atoms with Crippen LogP contribution in [-0.4, -0.2) is 156 Å². The van der Waals surface area contributed by atoms with Crippen LogP contribution in [0.4, 0.5) is 4.79 Å². The van der Waals surface area contributed by atoms with Crippen LogP contribution in [0.2, 0.25) is 0 Å². The van der Waals surface area contributed by atoms with Crippen molar-refractivity contribution in [3.63, 3.8) is 0 Å². The third-order valence-electron chi connectivity index (χ3n) is 14.9. The quantitative estimate of drug-likeness (QED) is 0.149. The summed E-state index contributed by atoms with van der Waals surface area (Å²) in [6.45, 7) is 7.65. The Morgan fingerprint density at radius 1 is 0.843 bits per heavy atom. The van der Waals surface area contributed by atoms with Crippen molar-refractivity contribution in [1.82, 2.24) is 14.7 Å². The molecule has 70 heavy (non-hydrogen) atoms. The second-order valence-corrected chi connectivity index (χ2v) is 19.6. The maximum Gasteiger partial charge on any atom is 0.410 e. The zero-order valence-electron chi connectivity index (χ0n) is 39.9. The van der Waals surface area contributed by atoms with E-state index in [-0.39, 0.29) is 66.1 Å². The number of morpholine rings is 1. The van der Waals surface area contributed by atoms with E-state index in [1.165, 1.54) is 19.2 Å². The summed E-state index contributed by atoms with van der Waals surface area (Å²) < 4.78 is 42.4. The molecule has 17 nitrogen and oxygen atoms in total. The average molecular weight is 962 g/mol. The summed E-state index contributed by atoms with van der Waals surface area (Å²) >= 11 is 0. The second-order valence-electron chi connectivity index (χ2n) is 19.6. The van der Waals surface area contributed by atoms with Gasteiger partial charge >= 0.3 is 6.09 Å². The predicted octanol–water partition coefficient (Wildman–Crippen LogP) is 5.47. The molecule has 2 aliphatic carbocycles. The molecule has 10 rings (SSSR count). The Hall–Kier alpha value is -5.76. The molecule has 370 valence electrons. The Labute approximate surface area is 405 Å². The number of aliphatic hydroxyl groups is 1. The summed E-state index contributed by atoms with van der Waals surface area (Å²) in [5, 5.41) is 37.0. The van der Waals surface area contributed by atoms with Gasteiger partial charge in [-0.25, -0.2) is 4.79 Å². The van der Waals surface area contributed by atoms with E-state index in [1.807, 2.05) is 80.3 Å². The van der Waals surface area contributed by atoms with Crippen LogP contribution in [0.5, 0.6) is 17.2 Å². The number of rotatable bonds is 10. The SMILES string of the molecule is COc1cccc2c1C(=O)c1c(O)c3c(c(O)c1C2=O)C[C@@](O)(C(=O)CN1CCCN(C(=O)OC(C)(C)c2ccc(-c4ccccc4)cc2)CC1)C[C@@H]3O[C@H]1C[C@H]2[C@H](O[C@@H]3[C@@H](OC)OCCN32)[C@H](C)O1. The molecular formula is C53H59N3O14. The summed E-state index contributed by atoms with van der Waals surface area (Å²) in [7, 11) is 2.91. The lowest BCUT2D eigenvalue weighted by atomic mass is 9.71. The standard InChI is InChI=1S/C53H59N3O14/c1-29-48-35(56-23-24-66-50(65-5)49(56)69-48)25-39(67-29)68-37-27-53(63,26-34-41(37)47(61)43-42(45(34)59)44(58)33-13-9-14-36(64-4)40(33)46(43)60)38(57)28-54-19-10-20-55(22-21-54)51(62)70-52(2,3)32-17-15-31(16-18-32)30-11-7-6-8-12-30/h6-9,11-18,29,35,37,39,48-50,59,61,63H,10,19-28H2,1-5H3/t29-,35-,37-,39-,48+,49+,50-,53-/m0/s1. The van der Waals surface area contributed by atoms with Gasteiger partial charge in [0.1, 0.15) is 34.6 Å². The molecule has 4 aromatic rings. The maximum atomic E-state index is 14.7. The van der Waals surface area contributed by atoms with Crippen LogP contribution in [-0.2, 0) is 45.2 Å². The highest BCUT2D eigenvalue weighted by molar-refractivity contribution is 6.31. The first-order chi connectivity index (χ1) is 33.6. The van der Waals surface area contributed by atoms with E-state index < -0.39 is 94.7 Å². The summed E-state index contributed by atoms with van der Waals surface area (Å²) in [4.78, 5) is 62.5. The van der Waals surface area contributed by atoms with Gasteiger partial charge in [-0.05, 0) is 49.9 Å². The van der Waals surface area contributed by atoms with Gasteiger partial charge in [-0.2, -0.15) is 0 Å². The number of carbonyl (C=O) groups is 4. The van der Waals surface area contributed by atoms with Crippen molar-refractivity contribution in [1.29, 1.82) is 0 Å². The number of amides is 1. The van der Waals surface area contributed by atoms with Crippen LogP contribution >= 0.6 is 0 Å². The monoisotopic (exact) mass is 961 g/mol. The van der Waals surface area contributed by atoms with E-state index in [0.717, 1.165) is 16.7 Å². The molecular weight excluding hydrogens is 903 g/mol. The number of methoxy groups -OCH3 is 2. The van der Waals surface area contributed by atoms with E-state index in [9.17, 15) is 34.5 Å². The largest absolute Gasteiger partial charge is 0.507 e. The number of hydrogen-bond donors (Lipinski definition) is 3. The fraction of sp³-hybridized carbons (Fsp3) is 0.472. The molecule has 3 N–H and O–H groups in total. The van der Waals surface area contributed by atoms with Crippen molar-refractivity contribution < 1.29 is 67.7 Å². The summed E-state index contributed by atoms with van der Waals surface area (Å²) in [6, 6.07) is 22.2.